The molecule has 0 aliphatic carbocycles. The van der Waals surface area contributed by atoms with Crippen molar-refractivity contribution in [2.45, 2.75) is 33.1 Å². The van der Waals surface area contributed by atoms with E-state index in [0.29, 0.717) is 0 Å². The van der Waals surface area contributed by atoms with Crippen LogP contribution in [0.4, 0.5) is 0 Å². The lowest BCUT2D eigenvalue weighted by atomic mass is 10.1. The predicted molar refractivity (Wildman–Crippen MR) is 85.7 cm³/mol. The second-order valence-corrected chi connectivity index (χ2v) is 5.65. The molecule has 21 heavy (non-hydrogen) atoms. The van der Waals surface area contributed by atoms with Crippen molar-refractivity contribution in [3.8, 4) is 0 Å². The number of nitrogens with one attached hydrogen (secondary N) is 1. The monoisotopic (exact) mass is 288 g/mol. The standard InChI is InChI=1S/C17H24N2O2/c1-12-13(2)18-16-8-7-14(11-15(12)16)17(21)19(3)9-5-4-6-10-20/h7-8,11,18,20H,4-6,9-10H2,1-3H3. The van der Waals surface area contributed by atoms with E-state index in [9.17, 15) is 4.79 Å². The number of hydrogen-bond donors (Lipinski definition) is 2. The Morgan fingerprint density at radius 3 is 2.71 bits per heavy atom. The van der Waals surface area contributed by atoms with Crippen molar-refractivity contribution in [1.29, 1.82) is 0 Å². The molecule has 4 nitrogen and oxygen atoms in total. The number of fused-ring (bicyclic) bond motifs is 1. The quantitative estimate of drug-likeness (QED) is 0.803. The van der Waals surface area contributed by atoms with E-state index in [1.165, 1.54) is 5.56 Å². The summed E-state index contributed by atoms with van der Waals surface area (Å²) in [4.78, 5) is 17.5. The molecule has 2 rings (SSSR count). The molecule has 0 fully saturated rings. The number of carbonyl (C=O) groups excluding carboxylic acids is 1. The molecule has 114 valence electrons. The van der Waals surface area contributed by atoms with E-state index in [-0.39, 0.29) is 12.5 Å². The molecule has 0 aliphatic rings. The number of nitrogens with zero attached hydrogens (tertiary/aromatic N) is 1. The Bertz CT molecular complexity index is 631. The summed E-state index contributed by atoms with van der Waals surface area (Å²) in [6.45, 7) is 5.06. The first-order valence-electron chi connectivity index (χ1n) is 7.50. The molecule has 4 heteroatoms. The minimum absolute atomic E-state index is 0.0548. The van der Waals surface area contributed by atoms with Crippen LogP contribution in [-0.2, 0) is 0 Å². The lowest BCUT2D eigenvalue weighted by Gasteiger charge is -2.17. The Labute approximate surface area is 125 Å². The topological polar surface area (TPSA) is 56.3 Å². The minimum atomic E-state index is 0.0548. The van der Waals surface area contributed by atoms with Crippen molar-refractivity contribution in [3.05, 3.63) is 35.0 Å². The number of aromatic amines is 1. The predicted octanol–water partition coefficient (Wildman–Crippen LogP) is 3.02. The lowest BCUT2D eigenvalue weighted by molar-refractivity contribution is 0.0792. The molecule has 1 aromatic heterocycles. The zero-order valence-corrected chi connectivity index (χ0v) is 13.1. The SMILES string of the molecule is Cc1[nH]c2ccc(C(=O)N(C)CCCCCO)cc2c1C. The van der Waals surface area contributed by atoms with Crippen LogP contribution in [0, 0.1) is 13.8 Å². The first-order valence-corrected chi connectivity index (χ1v) is 7.50. The van der Waals surface area contributed by atoms with Gasteiger partial charge in [0, 0.05) is 42.4 Å². The van der Waals surface area contributed by atoms with E-state index < -0.39 is 0 Å². The van der Waals surface area contributed by atoms with Crippen LogP contribution in [0.15, 0.2) is 18.2 Å². The van der Waals surface area contributed by atoms with E-state index >= 15 is 0 Å². The molecular formula is C17H24N2O2. The van der Waals surface area contributed by atoms with Gasteiger partial charge in [-0.1, -0.05) is 0 Å². The number of benzene rings is 1. The third-order valence-corrected chi connectivity index (χ3v) is 4.05. The molecule has 1 aromatic carbocycles. The van der Waals surface area contributed by atoms with Crippen LogP contribution in [-0.4, -0.2) is 41.1 Å². The molecule has 2 N–H and O–H groups in total. The van der Waals surface area contributed by atoms with Gasteiger partial charge in [0.25, 0.3) is 5.91 Å². The molecule has 0 atom stereocenters. The second kappa shape index (κ2) is 6.76. The molecule has 0 aliphatic heterocycles. The van der Waals surface area contributed by atoms with Crippen LogP contribution in [0.5, 0.6) is 0 Å². The Kier molecular flexibility index (Phi) is 5.02. The van der Waals surface area contributed by atoms with Crippen LogP contribution in [0.1, 0.15) is 40.9 Å². The molecule has 1 heterocycles. The highest BCUT2D eigenvalue weighted by Crippen LogP contribution is 2.22. The first kappa shape index (κ1) is 15.6. The normalized spacial score (nSPS) is 11.0. The Morgan fingerprint density at radius 2 is 2.00 bits per heavy atom. The van der Waals surface area contributed by atoms with Gasteiger partial charge in [-0.3, -0.25) is 4.79 Å². The number of aromatic nitrogens is 1. The number of amides is 1. The summed E-state index contributed by atoms with van der Waals surface area (Å²) in [5.41, 5.74) is 4.15. The van der Waals surface area contributed by atoms with Crippen LogP contribution >= 0.6 is 0 Å². The summed E-state index contributed by atoms with van der Waals surface area (Å²) in [5, 5.41) is 9.88. The second-order valence-electron chi connectivity index (χ2n) is 5.65. The number of rotatable bonds is 6. The number of H-pyrrole nitrogens is 1. The van der Waals surface area contributed by atoms with Gasteiger partial charge < -0.3 is 15.0 Å². The summed E-state index contributed by atoms with van der Waals surface area (Å²) in [7, 11) is 1.83. The first-order chi connectivity index (χ1) is 10.0. The Hall–Kier alpha value is -1.81. The van der Waals surface area contributed by atoms with Crippen molar-refractivity contribution in [1.82, 2.24) is 9.88 Å². The summed E-state index contributed by atoms with van der Waals surface area (Å²) < 4.78 is 0. The zero-order chi connectivity index (χ0) is 15.4. The largest absolute Gasteiger partial charge is 0.396 e. The maximum Gasteiger partial charge on any atom is 0.253 e. The van der Waals surface area contributed by atoms with Crippen LogP contribution in [0.25, 0.3) is 10.9 Å². The maximum atomic E-state index is 12.4. The highest BCUT2D eigenvalue weighted by Gasteiger charge is 2.13. The average Bonchev–Trinajstić information content (AvgIpc) is 2.77. The van der Waals surface area contributed by atoms with Crippen molar-refractivity contribution in [2.24, 2.45) is 0 Å². The fourth-order valence-electron chi connectivity index (χ4n) is 2.55. The Morgan fingerprint density at radius 1 is 1.24 bits per heavy atom. The van der Waals surface area contributed by atoms with E-state index in [2.05, 4.69) is 11.9 Å². The van der Waals surface area contributed by atoms with Crippen molar-refractivity contribution >= 4 is 16.8 Å². The molecule has 1 amide bonds. The highest BCUT2D eigenvalue weighted by molar-refractivity contribution is 5.98. The van der Waals surface area contributed by atoms with Gasteiger partial charge in [-0.05, 0) is 56.9 Å². The third-order valence-electron chi connectivity index (χ3n) is 4.05. The molecule has 0 radical (unpaired) electrons. The van der Waals surface area contributed by atoms with E-state index in [4.69, 9.17) is 5.11 Å². The zero-order valence-electron chi connectivity index (χ0n) is 13.1. The van der Waals surface area contributed by atoms with Gasteiger partial charge >= 0.3 is 0 Å². The molecule has 0 saturated heterocycles. The summed E-state index contributed by atoms with van der Waals surface area (Å²) in [5.74, 6) is 0.0548. The van der Waals surface area contributed by atoms with E-state index in [1.807, 2.05) is 32.2 Å². The third kappa shape index (κ3) is 3.45. The van der Waals surface area contributed by atoms with Gasteiger partial charge in [0.15, 0.2) is 0 Å². The van der Waals surface area contributed by atoms with Gasteiger partial charge in [-0.2, -0.15) is 0 Å². The van der Waals surface area contributed by atoms with Crippen molar-refractivity contribution in [2.75, 3.05) is 20.2 Å². The fraction of sp³-hybridized carbons (Fsp3) is 0.471. The van der Waals surface area contributed by atoms with Gasteiger partial charge in [0.2, 0.25) is 0 Å². The number of hydrogen-bond acceptors (Lipinski definition) is 2. The number of unbranched alkanes of at least 4 members (excludes halogenated alkanes) is 2. The average molecular weight is 288 g/mol. The summed E-state index contributed by atoms with van der Waals surface area (Å²) in [6.07, 6.45) is 2.67. The van der Waals surface area contributed by atoms with Gasteiger partial charge in [-0.25, -0.2) is 0 Å². The minimum Gasteiger partial charge on any atom is -0.396 e. The van der Waals surface area contributed by atoms with Gasteiger partial charge in [0.05, 0.1) is 0 Å². The van der Waals surface area contributed by atoms with Crippen LogP contribution in [0.2, 0.25) is 0 Å². The summed E-state index contributed by atoms with van der Waals surface area (Å²) in [6, 6.07) is 5.83. The van der Waals surface area contributed by atoms with Crippen molar-refractivity contribution < 1.29 is 9.90 Å². The molecule has 0 bridgehead atoms. The molecule has 0 spiro atoms. The molecule has 2 aromatic rings. The van der Waals surface area contributed by atoms with E-state index in [1.54, 1.807) is 4.90 Å². The van der Waals surface area contributed by atoms with Gasteiger partial charge in [-0.15, -0.1) is 0 Å². The van der Waals surface area contributed by atoms with Crippen LogP contribution in [0.3, 0.4) is 0 Å². The molecular weight excluding hydrogens is 264 g/mol. The lowest BCUT2D eigenvalue weighted by Crippen LogP contribution is -2.27. The van der Waals surface area contributed by atoms with Crippen LogP contribution < -0.4 is 0 Å². The highest BCUT2D eigenvalue weighted by atomic mass is 16.2. The summed E-state index contributed by atoms with van der Waals surface area (Å²) >= 11 is 0. The van der Waals surface area contributed by atoms with Crippen molar-refractivity contribution in [3.63, 3.8) is 0 Å². The van der Waals surface area contributed by atoms with E-state index in [0.717, 1.165) is 48.0 Å². The maximum absolute atomic E-state index is 12.4. The molecule has 0 saturated carbocycles. The number of aliphatic hydroxyl groups is 1. The van der Waals surface area contributed by atoms with Gasteiger partial charge in [0.1, 0.15) is 0 Å². The fourth-order valence-corrected chi connectivity index (χ4v) is 2.55. The smallest absolute Gasteiger partial charge is 0.253 e. The number of aryl methyl sites for hydroxylation is 2. The number of aliphatic hydroxyl groups excluding tert-OH is 1. The molecule has 0 unspecified atom stereocenters. The Balaban J connectivity index is 2.10. The number of carbonyl (C=O) groups is 1.